The van der Waals surface area contributed by atoms with Gasteiger partial charge in [-0.25, -0.2) is 0 Å². The first kappa shape index (κ1) is 10.7. The Hall–Kier alpha value is -0.340. The van der Waals surface area contributed by atoms with Gasteiger partial charge in [0.05, 0.1) is 0 Å². The van der Waals surface area contributed by atoms with E-state index in [-0.39, 0.29) is 18.1 Å². The van der Waals surface area contributed by atoms with Crippen LogP contribution in [-0.4, -0.2) is 29.7 Å². The zero-order chi connectivity index (χ0) is 9.07. The lowest BCUT2D eigenvalue weighted by atomic mass is 10.4. The minimum Gasteiger partial charge on any atom is -0.353 e. The Bertz CT molecular complexity index is 184. The molecule has 0 aromatic carbocycles. The monoisotopic (exact) mass is 179 g/mol. The maximum atomic E-state index is 10.8. The summed E-state index contributed by atoms with van der Waals surface area (Å²) < 4.78 is 10.7. The highest BCUT2D eigenvalue weighted by Gasteiger charge is 2.15. The predicted molar refractivity (Wildman–Crippen MR) is 43.9 cm³/mol. The SMILES string of the molecule is CC(C)NC(=O)CP(C)(=O)O. The van der Waals surface area contributed by atoms with Crippen LogP contribution in [0.25, 0.3) is 0 Å². The summed E-state index contributed by atoms with van der Waals surface area (Å²) in [6.07, 6.45) is -0.287. The molecule has 0 saturated carbocycles. The Kier molecular flexibility index (Phi) is 3.76. The van der Waals surface area contributed by atoms with Crippen LogP contribution < -0.4 is 5.32 Å². The van der Waals surface area contributed by atoms with Gasteiger partial charge in [-0.15, -0.1) is 0 Å². The molecule has 1 atom stereocenters. The summed E-state index contributed by atoms with van der Waals surface area (Å²) >= 11 is 0. The van der Waals surface area contributed by atoms with Crippen molar-refractivity contribution in [2.75, 3.05) is 12.8 Å². The second-order valence-corrected chi connectivity index (χ2v) is 5.35. The van der Waals surface area contributed by atoms with Gasteiger partial charge in [-0.2, -0.15) is 0 Å². The molecule has 1 unspecified atom stereocenters. The molecular formula is C6H14NO3P. The number of amides is 1. The van der Waals surface area contributed by atoms with E-state index in [0.29, 0.717) is 0 Å². The van der Waals surface area contributed by atoms with Gasteiger partial charge in [-0.05, 0) is 13.8 Å². The maximum absolute atomic E-state index is 10.8. The van der Waals surface area contributed by atoms with E-state index < -0.39 is 7.37 Å². The van der Waals surface area contributed by atoms with Gasteiger partial charge in [0.15, 0.2) is 0 Å². The molecule has 0 rings (SSSR count). The summed E-state index contributed by atoms with van der Waals surface area (Å²) in [4.78, 5) is 19.6. The van der Waals surface area contributed by atoms with Gasteiger partial charge in [0.1, 0.15) is 6.16 Å². The van der Waals surface area contributed by atoms with Crippen molar-refractivity contribution in [2.24, 2.45) is 0 Å². The molecule has 5 heteroatoms. The van der Waals surface area contributed by atoms with Gasteiger partial charge in [0.25, 0.3) is 0 Å². The van der Waals surface area contributed by atoms with Crippen molar-refractivity contribution in [3.63, 3.8) is 0 Å². The Balaban J connectivity index is 3.80. The highest BCUT2D eigenvalue weighted by atomic mass is 31.2. The molecule has 1 amide bonds. The fourth-order valence-corrected chi connectivity index (χ4v) is 1.26. The molecule has 0 aromatic rings. The summed E-state index contributed by atoms with van der Waals surface area (Å²) in [6, 6.07) is 0.0223. The molecule has 0 saturated heterocycles. The van der Waals surface area contributed by atoms with Crippen LogP contribution in [0.15, 0.2) is 0 Å². The Morgan fingerprint density at radius 3 is 2.36 bits per heavy atom. The van der Waals surface area contributed by atoms with Crippen LogP contribution in [0, 0.1) is 0 Å². The van der Waals surface area contributed by atoms with Crippen molar-refractivity contribution in [3.05, 3.63) is 0 Å². The fraction of sp³-hybridized carbons (Fsp3) is 0.833. The van der Waals surface area contributed by atoms with Gasteiger partial charge in [0.2, 0.25) is 13.3 Å². The second kappa shape index (κ2) is 3.88. The van der Waals surface area contributed by atoms with E-state index in [0.717, 1.165) is 0 Å². The summed E-state index contributed by atoms with van der Waals surface area (Å²) in [5.41, 5.74) is 0. The van der Waals surface area contributed by atoms with Crippen molar-refractivity contribution < 1.29 is 14.3 Å². The molecule has 11 heavy (non-hydrogen) atoms. The van der Waals surface area contributed by atoms with Gasteiger partial charge in [-0.1, -0.05) is 0 Å². The number of rotatable bonds is 3. The highest BCUT2D eigenvalue weighted by molar-refractivity contribution is 7.58. The van der Waals surface area contributed by atoms with Crippen molar-refractivity contribution in [1.82, 2.24) is 5.32 Å². The summed E-state index contributed by atoms with van der Waals surface area (Å²) in [6.45, 7) is 4.78. The molecule has 0 bridgehead atoms. The molecule has 0 aromatic heterocycles. The lowest BCUT2D eigenvalue weighted by Gasteiger charge is -2.09. The predicted octanol–water partition coefficient (Wildman–Crippen LogP) is 0.411. The van der Waals surface area contributed by atoms with Gasteiger partial charge >= 0.3 is 0 Å². The summed E-state index contributed by atoms with van der Waals surface area (Å²) in [5, 5.41) is 2.53. The third-order valence-corrected chi connectivity index (χ3v) is 1.76. The second-order valence-electron chi connectivity index (χ2n) is 2.93. The minimum atomic E-state index is -3.19. The molecule has 2 N–H and O–H groups in total. The lowest BCUT2D eigenvalue weighted by molar-refractivity contribution is -0.119. The first-order valence-electron chi connectivity index (χ1n) is 3.40. The molecule has 0 aliphatic rings. The number of hydrogen-bond acceptors (Lipinski definition) is 2. The Morgan fingerprint density at radius 1 is 1.64 bits per heavy atom. The van der Waals surface area contributed by atoms with Gasteiger partial charge in [-0.3, -0.25) is 9.36 Å². The molecule has 0 spiro atoms. The van der Waals surface area contributed by atoms with E-state index in [9.17, 15) is 9.36 Å². The van der Waals surface area contributed by atoms with Crippen molar-refractivity contribution in [1.29, 1.82) is 0 Å². The molecular weight excluding hydrogens is 165 g/mol. The smallest absolute Gasteiger partial charge is 0.229 e. The van der Waals surface area contributed by atoms with E-state index in [1.54, 1.807) is 13.8 Å². The van der Waals surface area contributed by atoms with Crippen LogP contribution in [0.3, 0.4) is 0 Å². The standard InChI is InChI=1S/C6H14NO3P/c1-5(2)7-6(8)4-11(3,9)10/h5H,4H2,1-3H3,(H,7,8)(H,9,10). The van der Waals surface area contributed by atoms with Gasteiger partial charge < -0.3 is 10.2 Å². The normalized spacial score (nSPS) is 16.1. The van der Waals surface area contributed by atoms with E-state index >= 15 is 0 Å². The van der Waals surface area contributed by atoms with E-state index in [1.165, 1.54) is 6.66 Å². The Morgan fingerprint density at radius 2 is 2.09 bits per heavy atom. The summed E-state index contributed by atoms with van der Waals surface area (Å²) in [5.74, 6) is -0.367. The van der Waals surface area contributed by atoms with Crippen LogP contribution in [-0.2, 0) is 9.36 Å². The number of carbonyl (C=O) groups excluding carboxylic acids is 1. The first-order valence-corrected chi connectivity index (χ1v) is 5.69. The van der Waals surface area contributed by atoms with Crippen LogP contribution >= 0.6 is 7.37 Å². The molecule has 4 nitrogen and oxygen atoms in total. The van der Waals surface area contributed by atoms with Crippen molar-refractivity contribution >= 4 is 13.3 Å². The average Bonchev–Trinajstić information content (AvgIpc) is 1.53. The highest BCUT2D eigenvalue weighted by Crippen LogP contribution is 2.33. The largest absolute Gasteiger partial charge is 0.353 e. The summed E-state index contributed by atoms with van der Waals surface area (Å²) in [7, 11) is -3.19. The quantitative estimate of drug-likeness (QED) is 0.616. The van der Waals surface area contributed by atoms with Gasteiger partial charge in [0, 0.05) is 12.7 Å². The van der Waals surface area contributed by atoms with Crippen molar-refractivity contribution in [2.45, 2.75) is 19.9 Å². The third kappa shape index (κ3) is 7.56. The molecule has 0 radical (unpaired) electrons. The molecule has 0 fully saturated rings. The molecule has 0 aliphatic carbocycles. The minimum absolute atomic E-state index is 0.0223. The zero-order valence-corrected chi connectivity index (χ0v) is 7.89. The van der Waals surface area contributed by atoms with Crippen LogP contribution in [0.2, 0.25) is 0 Å². The first-order chi connectivity index (χ1) is 4.81. The van der Waals surface area contributed by atoms with Crippen molar-refractivity contribution in [3.8, 4) is 0 Å². The number of nitrogens with one attached hydrogen (secondary N) is 1. The topological polar surface area (TPSA) is 66.4 Å². The van der Waals surface area contributed by atoms with Crippen LogP contribution in [0.5, 0.6) is 0 Å². The van der Waals surface area contributed by atoms with E-state index in [2.05, 4.69) is 5.32 Å². The average molecular weight is 179 g/mol. The van der Waals surface area contributed by atoms with E-state index in [4.69, 9.17) is 4.89 Å². The van der Waals surface area contributed by atoms with E-state index in [1.807, 2.05) is 0 Å². The molecule has 0 heterocycles. The zero-order valence-electron chi connectivity index (χ0n) is 7.00. The van der Waals surface area contributed by atoms with Crippen LogP contribution in [0.1, 0.15) is 13.8 Å². The fourth-order valence-electron chi connectivity index (χ4n) is 0.634. The molecule has 0 aliphatic heterocycles. The van der Waals surface area contributed by atoms with Crippen LogP contribution in [0.4, 0.5) is 0 Å². The third-order valence-electron chi connectivity index (χ3n) is 0.887. The number of carbonyl (C=O) groups is 1. The lowest BCUT2D eigenvalue weighted by Crippen LogP contribution is -2.32. The maximum Gasteiger partial charge on any atom is 0.229 e. The Labute approximate surface area is 66.4 Å². The number of hydrogen-bond donors (Lipinski definition) is 2. The molecule has 66 valence electrons.